The third kappa shape index (κ3) is 2.72. The lowest BCUT2D eigenvalue weighted by molar-refractivity contribution is 0.0699. The predicted octanol–water partition coefficient (Wildman–Crippen LogP) is 4.15. The predicted molar refractivity (Wildman–Crippen MR) is 84.7 cm³/mol. The topological polar surface area (TPSA) is 49.3 Å². The third-order valence-electron chi connectivity index (χ3n) is 3.46. The summed E-state index contributed by atoms with van der Waals surface area (Å²) in [6.07, 6.45) is 0. The summed E-state index contributed by atoms with van der Waals surface area (Å²) < 4.78 is 0. The van der Waals surface area contributed by atoms with Crippen molar-refractivity contribution < 1.29 is 9.90 Å². The van der Waals surface area contributed by atoms with Crippen molar-refractivity contribution >= 4 is 22.4 Å². The van der Waals surface area contributed by atoms with Crippen LogP contribution in [0.2, 0.25) is 0 Å². The second-order valence-electron chi connectivity index (χ2n) is 4.85. The Bertz CT molecular complexity index is 776. The van der Waals surface area contributed by atoms with Crippen LogP contribution in [0, 0.1) is 0 Å². The normalized spacial score (nSPS) is 10.5. The highest BCUT2D eigenvalue weighted by atomic mass is 16.4. The second-order valence-corrected chi connectivity index (χ2v) is 4.85. The SMILES string of the molecule is O=C(O)c1cccc2cccc(NCc3ccccc3)c12. The highest BCUT2D eigenvalue weighted by molar-refractivity contribution is 6.09. The fraction of sp³-hybridized carbons (Fsp3) is 0.0556. The molecule has 0 amide bonds. The number of hydrogen-bond acceptors (Lipinski definition) is 2. The highest BCUT2D eigenvalue weighted by Gasteiger charge is 2.11. The summed E-state index contributed by atoms with van der Waals surface area (Å²) in [6, 6.07) is 21.1. The van der Waals surface area contributed by atoms with Crippen molar-refractivity contribution in [3.05, 3.63) is 77.9 Å². The first-order chi connectivity index (χ1) is 10.3. The summed E-state index contributed by atoms with van der Waals surface area (Å²) in [5.74, 6) is -0.908. The fourth-order valence-electron chi connectivity index (χ4n) is 2.46. The number of aromatic carboxylic acids is 1. The lowest BCUT2D eigenvalue weighted by Gasteiger charge is -2.12. The summed E-state index contributed by atoms with van der Waals surface area (Å²) in [4.78, 5) is 11.4. The van der Waals surface area contributed by atoms with Crippen molar-refractivity contribution in [3.8, 4) is 0 Å². The van der Waals surface area contributed by atoms with E-state index in [1.165, 1.54) is 0 Å². The number of benzene rings is 3. The first-order valence-corrected chi connectivity index (χ1v) is 6.78. The van der Waals surface area contributed by atoms with E-state index in [1.54, 1.807) is 12.1 Å². The first-order valence-electron chi connectivity index (χ1n) is 6.78. The number of carboxylic acids is 1. The molecule has 3 rings (SSSR count). The number of nitrogens with one attached hydrogen (secondary N) is 1. The molecule has 0 spiro atoms. The molecule has 0 aliphatic heterocycles. The first kappa shape index (κ1) is 13.2. The van der Waals surface area contributed by atoms with Crippen LogP contribution in [-0.4, -0.2) is 11.1 Å². The van der Waals surface area contributed by atoms with Gasteiger partial charge in [0.25, 0.3) is 0 Å². The molecule has 0 atom stereocenters. The molecule has 3 nitrogen and oxygen atoms in total. The van der Waals surface area contributed by atoms with E-state index in [-0.39, 0.29) is 0 Å². The van der Waals surface area contributed by atoms with E-state index in [1.807, 2.05) is 54.6 Å². The van der Waals surface area contributed by atoms with Crippen LogP contribution >= 0.6 is 0 Å². The van der Waals surface area contributed by atoms with Gasteiger partial charge < -0.3 is 10.4 Å². The van der Waals surface area contributed by atoms with Gasteiger partial charge in [0.15, 0.2) is 0 Å². The van der Waals surface area contributed by atoms with E-state index < -0.39 is 5.97 Å². The van der Waals surface area contributed by atoms with Gasteiger partial charge in [-0.05, 0) is 23.1 Å². The van der Waals surface area contributed by atoms with Gasteiger partial charge in [-0.3, -0.25) is 0 Å². The smallest absolute Gasteiger partial charge is 0.336 e. The van der Waals surface area contributed by atoms with Crippen LogP contribution in [0.5, 0.6) is 0 Å². The van der Waals surface area contributed by atoms with E-state index >= 15 is 0 Å². The van der Waals surface area contributed by atoms with Gasteiger partial charge in [0.05, 0.1) is 5.56 Å². The van der Waals surface area contributed by atoms with Crippen molar-refractivity contribution in [1.29, 1.82) is 0 Å². The Kier molecular flexibility index (Phi) is 3.56. The Morgan fingerprint density at radius 1 is 0.905 bits per heavy atom. The van der Waals surface area contributed by atoms with E-state index in [0.717, 1.165) is 22.0 Å². The molecule has 3 heteroatoms. The Morgan fingerprint density at radius 3 is 2.33 bits per heavy atom. The summed E-state index contributed by atoms with van der Waals surface area (Å²) >= 11 is 0. The van der Waals surface area contributed by atoms with Gasteiger partial charge in [0.2, 0.25) is 0 Å². The van der Waals surface area contributed by atoms with Gasteiger partial charge in [-0.1, -0.05) is 54.6 Å². The molecule has 0 saturated carbocycles. The number of fused-ring (bicyclic) bond motifs is 1. The van der Waals surface area contributed by atoms with Gasteiger partial charge in [-0.25, -0.2) is 4.79 Å². The molecule has 0 saturated heterocycles. The number of rotatable bonds is 4. The fourth-order valence-corrected chi connectivity index (χ4v) is 2.46. The zero-order valence-electron chi connectivity index (χ0n) is 11.4. The monoisotopic (exact) mass is 277 g/mol. The Labute approximate surface area is 122 Å². The minimum Gasteiger partial charge on any atom is -0.478 e. The molecule has 0 bridgehead atoms. The van der Waals surface area contributed by atoms with E-state index in [0.29, 0.717) is 12.1 Å². The number of anilines is 1. The van der Waals surface area contributed by atoms with Crippen molar-refractivity contribution in [2.45, 2.75) is 6.54 Å². The maximum Gasteiger partial charge on any atom is 0.336 e. The molecular formula is C18H15NO2. The summed E-state index contributed by atoms with van der Waals surface area (Å²) in [5, 5.41) is 14.4. The van der Waals surface area contributed by atoms with Crippen LogP contribution in [-0.2, 0) is 6.54 Å². The molecule has 0 fully saturated rings. The Hall–Kier alpha value is -2.81. The van der Waals surface area contributed by atoms with Gasteiger partial charge in [-0.2, -0.15) is 0 Å². The quantitative estimate of drug-likeness (QED) is 0.753. The van der Waals surface area contributed by atoms with Gasteiger partial charge in [-0.15, -0.1) is 0 Å². The number of carboxylic acid groups (broad SMARTS) is 1. The summed E-state index contributed by atoms with van der Waals surface area (Å²) in [7, 11) is 0. The van der Waals surface area contributed by atoms with Crippen LogP contribution in [0.25, 0.3) is 10.8 Å². The maximum absolute atomic E-state index is 11.4. The molecule has 0 aliphatic carbocycles. The van der Waals surface area contributed by atoms with Gasteiger partial charge in [0.1, 0.15) is 0 Å². The lowest BCUT2D eigenvalue weighted by atomic mass is 10.0. The molecule has 0 aliphatic rings. The Morgan fingerprint density at radius 2 is 1.62 bits per heavy atom. The molecule has 104 valence electrons. The van der Waals surface area contributed by atoms with Crippen molar-refractivity contribution in [2.24, 2.45) is 0 Å². The molecule has 3 aromatic rings. The molecule has 0 radical (unpaired) electrons. The number of carbonyl (C=O) groups is 1. The average molecular weight is 277 g/mol. The molecular weight excluding hydrogens is 262 g/mol. The highest BCUT2D eigenvalue weighted by Crippen LogP contribution is 2.27. The zero-order valence-corrected chi connectivity index (χ0v) is 11.4. The average Bonchev–Trinajstić information content (AvgIpc) is 2.53. The molecule has 2 N–H and O–H groups in total. The molecule has 0 heterocycles. The van der Waals surface area contributed by atoms with Crippen LogP contribution in [0.1, 0.15) is 15.9 Å². The van der Waals surface area contributed by atoms with Crippen LogP contribution in [0.4, 0.5) is 5.69 Å². The largest absolute Gasteiger partial charge is 0.478 e. The lowest BCUT2D eigenvalue weighted by Crippen LogP contribution is -2.03. The molecule has 3 aromatic carbocycles. The van der Waals surface area contributed by atoms with Crippen molar-refractivity contribution in [3.63, 3.8) is 0 Å². The van der Waals surface area contributed by atoms with Gasteiger partial charge >= 0.3 is 5.97 Å². The van der Waals surface area contributed by atoms with Gasteiger partial charge in [0, 0.05) is 17.6 Å². The summed E-state index contributed by atoms with van der Waals surface area (Å²) in [5.41, 5.74) is 2.32. The summed E-state index contributed by atoms with van der Waals surface area (Å²) in [6.45, 7) is 0.661. The second kappa shape index (κ2) is 5.67. The standard InChI is InChI=1S/C18H15NO2/c20-18(21)15-10-4-8-14-9-5-11-16(17(14)15)19-12-13-6-2-1-3-7-13/h1-11,19H,12H2,(H,20,21). The molecule has 0 unspecified atom stereocenters. The minimum absolute atomic E-state index is 0.323. The van der Waals surface area contributed by atoms with E-state index in [2.05, 4.69) is 5.32 Å². The third-order valence-corrected chi connectivity index (χ3v) is 3.46. The van der Waals surface area contributed by atoms with Crippen LogP contribution in [0.15, 0.2) is 66.7 Å². The molecule has 21 heavy (non-hydrogen) atoms. The number of hydrogen-bond donors (Lipinski definition) is 2. The van der Waals surface area contributed by atoms with E-state index in [9.17, 15) is 9.90 Å². The van der Waals surface area contributed by atoms with Crippen molar-refractivity contribution in [1.82, 2.24) is 0 Å². The molecule has 0 aromatic heterocycles. The Balaban J connectivity index is 2.00. The van der Waals surface area contributed by atoms with Crippen LogP contribution < -0.4 is 5.32 Å². The van der Waals surface area contributed by atoms with Crippen LogP contribution in [0.3, 0.4) is 0 Å². The van der Waals surface area contributed by atoms with Crippen molar-refractivity contribution in [2.75, 3.05) is 5.32 Å². The maximum atomic E-state index is 11.4. The zero-order chi connectivity index (χ0) is 14.7. The minimum atomic E-state index is -0.908. The van der Waals surface area contributed by atoms with E-state index in [4.69, 9.17) is 0 Å².